The van der Waals surface area contributed by atoms with Crippen LogP contribution in [0.25, 0.3) is 0 Å². The van der Waals surface area contributed by atoms with Crippen LogP contribution in [-0.4, -0.2) is 69.1 Å². The second-order valence-electron chi connectivity index (χ2n) is 5.45. The zero-order valence-corrected chi connectivity index (χ0v) is 13.2. The molecule has 1 fully saturated rings. The van der Waals surface area contributed by atoms with Crippen LogP contribution in [0, 0.1) is 0 Å². The number of rotatable bonds is 5. The SMILES string of the molecule is CCOc1ccccc1N1CCN(CC(=O)N(C)C)CC1. The molecule has 0 N–H and O–H groups in total. The molecule has 0 bridgehead atoms. The van der Waals surface area contributed by atoms with Crippen LogP contribution in [0.3, 0.4) is 0 Å². The van der Waals surface area contributed by atoms with Crippen molar-refractivity contribution in [1.29, 1.82) is 0 Å². The van der Waals surface area contributed by atoms with Gasteiger partial charge in [-0.2, -0.15) is 0 Å². The number of nitrogens with zero attached hydrogens (tertiary/aromatic N) is 3. The predicted octanol–water partition coefficient (Wildman–Crippen LogP) is 1.30. The van der Waals surface area contributed by atoms with Gasteiger partial charge in [-0.1, -0.05) is 12.1 Å². The molecule has 1 aromatic rings. The van der Waals surface area contributed by atoms with Crippen molar-refractivity contribution >= 4 is 11.6 Å². The third-order valence-corrected chi connectivity index (χ3v) is 3.74. The number of amides is 1. The summed E-state index contributed by atoms with van der Waals surface area (Å²) in [6, 6.07) is 8.16. The molecule has 0 saturated carbocycles. The topological polar surface area (TPSA) is 36.0 Å². The van der Waals surface area contributed by atoms with E-state index in [-0.39, 0.29) is 5.91 Å². The molecule has 0 unspecified atom stereocenters. The van der Waals surface area contributed by atoms with E-state index in [1.54, 1.807) is 19.0 Å². The van der Waals surface area contributed by atoms with Gasteiger partial charge in [0.1, 0.15) is 5.75 Å². The van der Waals surface area contributed by atoms with E-state index in [1.807, 2.05) is 25.1 Å². The zero-order valence-electron chi connectivity index (χ0n) is 13.2. The van der Waals surface area contributed by atoms with E-state index in [0.717, 1.165) is 37.6 Å². The minimum atomic E-state index is 0.165. The van der Waals surface area contributed by atoms with Gasteiger partial charge in [-0.05, 0) is 19.1 Å². The van der Waals surface area contributed by atoms with Crippen LogP contribution in [0.4, 0.5) is 5.69 Å². The molecule has 0 atom stereocenters. The molecule has 5 nitrogen and oxygen atoms in total. The van der Waals surface area contributed by atoms with Crippen molar-refractivity contribution in [2.24, 2.45) is 0 Å². The summed E-state index contributed by atoms with van der Waals surface area (Å²) < 4.78 is 5.70. The molecule has 0 aromatic heterocycles. The molecule has 0 aliphatic carbocycles. The maximum Gasteiger partial charge on any atom is 0.236 e. The lowest BCUT2D eigenvalue weighted by Gasteiger charge is -2.36. The van der Waals surface area contributed by atoms with E-state index in [2.05, 4.69) is 15.9 Å². The quantitative estimate of drug-likeness (QED) is 0.819. The van der Waals surface area contributed by atoms with Gasteiger partial charge in [0.05, 0.1) is 18.8 Å². The molecule has 1 aliphatic rings. The number of piperazine rings is 1. The molecule has 1 saturated heterocycles. The third-order valence-electron chi connectivity index (χ3n) is 3.74. The molecule has 0 radical (unpaired) electrons. The van der Waals surface area contributed by atoms with Gasteiger partial charge in [-0.15, -0.1) is 0 Å². The van der Waals surface area contributed by atoms with Crippen LogP contribution in [0.2, 0.25) is 0 Å². The molecule has 5 heteroatoms. The lowest BCUT2D eigenvalue weighted by molar-refractivity contribution is -0.129. The summed E-state index contributed by atoms with van der Waals surface area (Å²) >= 11 is 0. The highest BCUT2D eigenvalue weighted by atomic mass is 16.5. The summed E-state index contributed by atoms with van der Waals surface area (Å²) in [6.07, 6.45) is 0. The Hall–Kier alpha value is -1.75. The van der Waals surface area contributed by atoms with Crippen LogP contribution in [0.1, 0.15) is 6.92 Å². The van der Waals surface area contributed by atoms with E-state index in [4.69, 9.17) is 4.74 Å². The summed E-state index contributed by atoms with van der Waals surface area (Å²) in [5.41, 5.74) is 1.15. The first-order chi connectivity index (χ1) is 10.1. The molecule has 116 valence electrons. The Morgan fingerprint density at radius 1 is 1.19 bits per heavy atom. The average molecular weight is 291 g/mol. The fourth-order valence-electron chi connectivity index (χ4n) is 2.48. The van der Waals surface area contributed by atoms with Gasteiger partial charge in [0, 0.05) is 40.3 Å². The maximum absolute atomic E-state index is 11.8. The molecule has 21 heavy (non-hydrogen) atoms. The minimum absolute atomic E-state index is 0.165. The van der Waals surface area contributed by atoms with Gasteiger partial charge in [-0.25, -0.2) is 0 Å². The lowest BCUT2D eigenvalue weighted by atomic mass is 10.2. The fourth-order valence-corrected chi connectivity index (χ4v) is 2.48. The monoisotopic (exact) mass is 291 g/mol. The van der Waals surface area contributed by atoms with Crippen molar-refractivity contribution in [3.8, 4) is 5.75 Å². The molecule has 1 aliphatic heterocycles. The van der Waals surface area contributed by atoms with E-state index in [9.17, 15) is 4.79 Å². The summed E-state index contributed by atoms with van der Waals surface area (Å²) in [6.45, 7) is 6.83. The summed E-state index contributed by atoms with van der Waals surface area (Å²) in [5, 5.41) is 0. The Labute approximate surface area is 127 Å². The first kappa shape index (κ1) is 15.6. The summed E-state index contributed by atoms with van der Waals surface area (Å²) in [4.78, 5) is 17.9. The number of carbonyl (C=O) groups is 1. The lowest BCUT2D eigenvalue weighted by Crippen LogP contribution is -2.49. The second-order valence-corrected chi connectivity index (χ2v) is 5.45. The van der Waals surface area contributed by atoms with Crippen LogP contribution in [0.15, 0.2) is 24.3 Å². The Balaban J connectivity index is 1.93. The van der Waals surface area contributed by atoms with Crippen LogP contribution < -0.4 is 9.64 Å². The normalized spacial score (nSPS) is 15.9. The van der Waals surface area contributed by atoms with Crippen molar-refractivity contribution < 1.29 is 9.53 Å². The van der Waals surface area contributed by atoms with Gasteiger partial charge < -0.3 is 14.5 Å². The minimum Gasteiger partial charge on any atom is -0.492 e. The van der Waals surface area contributed by atoms with Crippen molar-refractivity contribution in [2.45, 2.75) is 6.92 Å². The van der Waals surface area contributed by atoms with Crippen LogP contribution in [-0.2, 0) is 4.79 Å². The largest absolute Gasteiger partial charge is 0.492 e. The highest BCUT2D eigenvalue weighted by molar-refractivity contribution is 5.77. The maximum atomic E-state index is 11.8. The van der Waals surface area contributed by atoms with Gasteiger partial charge in [0.2, 0.25) is 5.91 Å². The number of carbonyl (C=O) groups excluding carboxylic acids is 1. The third kappa shape index (κ3) is 4.11. The van der Waals surface area contributed by atoms with Crippen LogP contribution >= 0.6 is 0 Å². The molecular weight excluding hydrogens is 266 g/mol. The summed E-state index contributed by atoms with van der Waals surface area (Å²) in [7, 11) is 3.60. The van der Waals surface area contributed by atoms with Crippen molar-refractivity contribution in [1.82, 2.24) is 9.80 Å². The number of hydrogen-bond acceptors (Lipinski definition) is 4. The van der Waals surface area contributed by atoms with E-state index < -0.39 is 0 Å². The highest BCUT2D eigenvalue weighted by Crippen LogP contribution is 2.28. The Kier molecular flexibility index (Phi) is 5.44. The van der Waals surface area contributed by atoms with Gasteiger partial charge in [0.25, 0.3) is 0 Å². The number of likely N-dealkylation sites (N-methyl/N-ethyl adjacent to an activating group) is 1. The van der Waals surface area contributed by atoms with Crippen LogP contribution in [0.5, 0.6) is 5.75 Å². The van der Waals surface area contributed by atoms with E-state index >= 15 is 0 Å². The molecular formula is C16H25N3O2. The number of benzene rings is 1. The first-order valence-electron chi connectivity index (χ1n) is 7.51. The average Bonchev–Trinajstić information content (AvgIpc) is 2.49. The highest BCUT2D eigenvalue weighted by Gasteiger charge is 2.21. The Bertz CT molecular complexity index is 468. The molecule has 1 aromatic carbocycles. The predicted molar refractivity (Wildman–Crippen MR) is 85.0 cm³/mol. The smallest absolute Gasteiger partial charge is 0.236 e. The molecule has 0 spiro atoms. The fraction of sp³-hybridized carbons (Fsp3) is 0.562. The number of para-hydroxylation sites is 2. The standard InChI is InChI=1S/C16H25N3O2/c1-4-21-15-8-6-5-7-14(15)19-11-9-18(10-12-19)13-16(20)17(2)3/h5-8H,4,9-13H2,1-3H3. The second kappa shape index (κ2) is 7.31. The number of hydrogen-bond donors (Lipinski definition) is 0. The van der Waals surface area contributed by atoms with Gasteiger partial charge in [0.15, 0.2) is 0 Å². The van der Waals surface area contributed by atoms with Crippen molar-refractivity contribution in [3.05, 3.63) is 24.3 Å². The van der Waals surface area contributed by atoms with Crippen molar-refractivity contribution in [3.63, 3.8) is 0 Å². The van der Waals surface area contributed by atoms with E-state index in [0.29, 0.717) is 13.2 Å². The molecule has 2 rings (SSSR count). The molecule has 1 heterocycles. The molecule has 1 amide bonds. The van der Waals surface area contributed by atoms with Gasteiger partial charge in [-0.3, -0.25) is 9.69 Å². The Morgan fingerprint density at radius 2 is 1.86 bits per heavy atom. The number of anilines is 1. The number of ether oxygens (including phenoxy) is 1. The van der Waals surface area contributed by atoms with Gasteiger partial charge >= 0.3 is 0 Å². The van der Waals surface area contributed by atoms with E-state index in [1.165, 1.54) is 0 Å². The Morgan fingerprint density at radius 3 is 2.48 bits per heavy atom. The first-order valence-corrected chi connectivity index (χ1v) is 7.51. The zero-order chi connectivity index (χ0) is 15.2. The van der Waals surface area contributed by atoms with Crippen molar-refractivity contribution in [2.75, 3.05) is 58.3 Å². The summed E-state index contributed by atoms with van der Waals surface area (Å²) in [5.74, 6) is 1.11.